The highest BCUT2D eigenvalue weighted by atomic mass is 17.0. The average molecular weight is 734 g/mol. The largest absolute Gasteiger partial charge is 0.462 e. The summed E-state index contributed by atoms with van der Waals surface area (Å²) >= 11 is 0. The number of hydrogen-bond acceptors (Lipinski definition) is 12. The van der Waals surface area contributed by atoms with E-state index >= 15 is 0 Å². The van der Waals surface area contributed by atoms with Crippen molar-refractivity contribution in [1.29, 1.82) is 0 Å². The molecule has 1 saturated carbocycles. The topological polar surface area (TPSA) is 207 Å². The summed E-state index contributed by atoms with van der Waals surface area (Å²) in [5, 5.41) is 32.9. The first kappa shape index (κ1) is 43.6. The lowest BCUT2D eigenvalue weighted by Crippen LogP contribution is -2.25. The molecule has 1 aliphatic rings. The van der Waals surface area contributed by atoms with E-state index in [0.717, 1.165) is 5.56 Å². The van der Waals surface area contributed by atoms with Gasteiger partial charge in [-0.15, -0.1) is 20.2 Å². The summed E-state index contributed by atoms with van der Waals surface area (Å²) < 4.78 is 11.8. The van der Waals surface area contributed by atoms with E-state index in [4.69, 9.17) is 9.47 Å². The summed E-state index contributed by atoms with van der Waals surface area (Å²) in [6.45, 7) is 2.38. The number of carbonyl (C=O) groups is 3. The first-order valence-electron chi connectivity index (χ1n) is 18.3. The van der Waals surface area contributed by atoms with Crippen LogP contribution in [0, 0.1) is 32.1 Å². The molecule has 290 valence electrons. The minimum atomic E-state index is -0.848. The molecule has 0 aromatic heterocycles. The van der Waals surface area contributed by atoms with Gasteiger partial charge in [0, 0.05) is 38.1 Å². The lowest BCUT2D eigenvalue weighted by Gasteiger charge is -2.23. The SMILES string of the molecule is CCNC(=O)CCC/C=C\C[C@@H]1[C@@H](/C=C/[C@H](CCc2ccccc2)OC(=O)CCCCCO[N+](=O)[O-])[C@@H](OC(=O)CCCCCO[N+](=O)[O-])C[C@@H]1O. The van der Waals surface area contributed by atoms with Crippen LogP contribution < -0.4 is 5.32 Å². The Labute approximate surface area is 305 Å². The molecule has 1 aliphatic carbocycles. The van der Waals surface area contributed by atoms with Gasteiger partial charge in [-0.2, -0.15) is 0 Å². The molecule has 15 nitrogen and oxygen atoms in total. The van der Waals surface area contributed by atoms with Crippen LogP contribution in [0.5, 0.6) is 0 Å². The number of rotatable bonds is 28. The van der Waals surface area contributed by atoms with Crippen molar-refractivity contribution in [1.82, 2.24) is 5.32 Å². The summed E-state index contributed by atoms with van der Waals surface area (Å²) in [4.78, 5) is 66.8. The van der Waals surface area contributed by atoms with Crippen LogP contribution in [0.2, 0.25) is 0 Å². The van der Waals surface area contributed by atoms with Gasteiger partial charge in [-0.3, -0.25) is 14.4 Å². The first-order chi connectivity index (χ1) is 25.1. The van der Waals surface area contributed by atoms with Gasteiger partial charge in [-0.05, 0) is 82.3 Å². The third-order valence-electron chi connectivity index (χ3n) is 8.73. The van der Waals surface area contributed by atoms with Gasteiger partial charge in [-0.1, -0.05) is 61.4 Å². The molecular weight excluding hydrogens is 678 g/mol. The molecule has 2 rings (SSSR count). The molecule has 0 bridgehead atoms. The van der Waals surface area contributed by atoms with Gasteiger partial charge in [0.1, 0.15) is 12.2 Å². The molecule has 52 heavy (non-hydrogen) atoms. The Bertz CT molecular complexity index is 1280. The minimum Gasteiger partial charge on any atom is -0.462 e. The van der Waals surface area contributed by atoms with Crippen LogP contribution in [0.15, 0.2) is 54.6 Å². The Morgan fingerprint density at radius 3 is 2.19 bits per heavy atom. The number of allylic oxidation sites excluding steroid dienone is 2. The van der Waals surface area contributed by atoms with E-state index in [1.807, 2.05) is 61.6 Å². The van der Waals surface area contributed by atoms with E-state index < -0.39 is 40.4 Å². The summed E-state index contributed by atoms with van der Waals surface area (Å²) in [5.41, 5.74) is 1.07. The Kier molecular flexibility index (Phi) is 22.0. The molecule has 0 spiro atoms. The van der Waals surface area contributed by atoms with E-state index in [2.05, 4.69) is 15.0 Å². The summed E-state index contributed by atoms with van der Waals surface area (Å²) in [7, 11) is 0. The molecule has 5 atom stereocenters. The maximum absolute atomic E-state index is 12.9. The van der Waals surface area contributed by atoms with Crippen molar-refractivity contribution < 1.29 is 48.8 Å². The molecule has 0 heterocycles. The smallest absolute Gasteiger partial charge is 0.306 e. The summed E-state index contributed by atoms with van der Waals surface area (Å²) in [6, 6.07) is 9.78. The third kappa shape index (κ3) is 19.8. The van der Waals surface area contributed by atoms with Crippen molar-refractivity contribution >= 4 is 17.8 Å². The quantitative estimate of drug-likeness (QED) is 0.0345. The van der Waals surface area contributed by atoms with Gasteiger partial charge in [0.05, 0.1) is 19.3 Å². The second-order valence-corrected chi connectivity index (χ2v) is 12.8. The van der Waals surface area contributed by atoms with Gasteiger partial charge in [0.25, 0.3) is 10.2 Å². The van der Waals surface area contributed by atoms with Crippen LogP contribution in [-0.2, 0) is 40.0 Å². The Balaban J connectivity index is 2.12. The highest BCUT2D eigenvalue weighted by Crippen LogP contribution is 2.38. The Morgan fingerprint density at radius 1 is 0.904 bits per heavy atom. The molecule has 0 aliphatic heterocycles. The molecule has 1 fully saturated rings. The van der Waals surface area contributed by atoms with Crippen molar-refractivity contribution in [2.45, 2.75) is 122 Å². The molecule has 0 unspecified atom stereocenters. The fourth-order valence-electron chi connectivity index (χ4n) is 6.08. The van der Waals surface area contributed by atoms with Gasteiger partial charge in [-0.25, -0.2) is 0 Å². The number of benzene rings is 1. The van der Waals surface area contributed by atoms with Crippen LogP contribution in [0.4, 0.5) is 0 Å². The average Bonchev–Trinajstić information content (AvgIpc) is 3.39. The molecule has 2 N–H and O–H groups in total. The molecular formula is C37H55N3O12. The van der Waals surface area contributed by atoms with Crippen LogP contribution in [-0.4, -0.2) is 71.2 Å². The van der Waals surface area contributed by atoms with Crippen LogP contribution in [0.25, 0.3) is 0 Å². The molecule has 1 aromatic carbocycles. The van der Waals surface area contributed by atoms with Gasteiger partial charge in [0.2, 0.25) is 5.91 Å². The molecule has 0 saturated heterocycles. The lowest BCUT2D eigenvalue weighted by molar-refractivity contribution is -0.757. The predicted octanol–water partition coefficient (Wildman–Crippen LogP) is 5.79. The van der Waals surface area contributed by atoms with Crippen molar-refractivity contribution in [3.63, 3.8) is 0 Å². The second kappa shape index (κ2) is 26.3. The second-order valence-electron chi connectivity index (χ2n) is 12.8. The van der Waals surface area contributed by atoms with Crippen LogP contribution in [0.1, 0.15) is 102 Å². The predicted molar refractivity (Wildman–Crippen MR) is 190 cm³/mol. The molecule has 1 amide bonds. The van der Waals surface area contributed by atoms with E-state index in [-0.39, 0.29) is 50.2 Å². The number of hydrogen-bond donors (Lipinski definition) is 2. The standard InChI is InChI=1S/C37H55N3O12/c1-2-38-35(42)19-11-4-3-10-18-31-32(34(28-33(31)41)52-37(44)21-13-7-15-27-50-40(47)48)25-24-30(23-22-29-16-8-5-9-17-29)51-36(43)20-12-6-14-26-49-39(45)46/h3,5,8-10,16-17,24-25,30-34,41H,2,4,6-7,11-15,18-23,26-28H2,1H3,(H,38,42)/b10-3-,25-24+/t30-,31+,32+,33-,34-/m0/s1. The van der Waals surface area contributed by atoms with E-state index in [1.165, 1.54) is 0 Å². The maximum atomic E-state index is 12.9. The van der Waals surface area contributed by atoms with Gasteiger partial charge >= 0.3 is 11.9 Å². The molecule has 0 radical (unpaired) electrons. The van der Waals surface area contributed by atoms with Crippen molar-refractivity contribution in [2.24, 2.45) is 11.8 Å². The van der Waals surface area contributed by atoms with E-state index in [1.54, 1.807) is 0 Å². The highest BCUT2D eigenvalue weighted by molar-refractivity contribution is 5.75. The molecule has 15 heteroatoms. The van der Waals surface area contributed by atoms with Crippen molar-refractivity contribution in [3.8, 4) is 0 Å². The van der Waals surface area contributed by atoms with Crippen molar-refractivity contribution in [2.75, 3.05) is 19.8 Å². The monoisotopic (exact) mass is 733 g/mol. The zero-order valence-electron chi connectivity index (χ0n) is 30.1. The number of nitrogens with zero attached hydrogens (tertiary/aromatic N) is 2. The highest BCUT2D eigenvalue weighted by Gasteiger charge is 2.42. The van der Waals surface area contributed by atoms with Gasteiger partial charge < -0.3 is 29.6 Å². The number of ether oxygens (including phenoxy) is 2. The van der Waals surface area contributed by atoms with Crippen LogP contribution >= 0.6 is 0 Å². The number of amides is 1. The first-order valence-corrected chi connectivity index (χ1v) is 18.3. The maximum Gasteiger partial charge on any atom is 0.306 e. The number of unbranched alkanes of at least 4 members (excludes halogenated alkanes) is 5. The Hall–Kier alpha value is -4.53. The normalized spacial score (nSPS) is 19.0. The zero-order chi connectivity index (χ0) is 38.0. The number of aliphatic hydroxyl groups is 1. The third-order valence-corrected chi connectivity index (χ3v) is 8.73. The fourth-order valence-corrected chi connectivity index (χ4v) is 6.08. The summed E-state index contributed by atoms with van der Waals surface area (Å²) in [5.74, 6) is -1.47. The number of esters is 2. The number of aliphatic hydroxyl groups excluding tert-OH is 1. The van der Waals surface area contributed by atoms with E-state index in [0.29, 0.717) is 83.6 Å². The minimum absolute atomic E-state index is 0.00619. The van der Waals surface area contributed by atoms with E-state index in [9.17, 15) is 39.7 Å². The summed E-state index contributed by atoms with van der Waals surface area (Å²) in [6.07, 6.45) is 12.6. The molecule has 1 aromatic rings. The Morgan fingerprint density at radius 2 is 1.56 bits per heavy atom. The zero-order valence-corrected chi connectivity index (χ0v) is 30.1. The fraction of sp³-hybridized carbons (Fsp3) is 0.649. The lowest BCUT2D eigenvalue weighted by atomic mass is 9.89. The van der Waals surface area contributed by atoms with Gasteiger partial charge in [0.15, 0.2) is 0 Å². The van der Waals surface area contributed by atoms with Crippen LogP contribution in [0.3, 0.4) is 0 Å². The van der Waals surface area contributed by atoms with Crippen molar-refractivity contribution in [3.05, 3.63) is 80.4 Å². The number of nitrogens with one attached hydrogen (secondary N) is 1. The number of aryl methyl sites for hydroxylation is 1. The number of carbonyl (C=O) groups excluding carboxylic acids is 3.